The van der Waals surface area contributed by atoms with Crippen molar-refractivity contribution in [1.82, 2.24) is 4.90 Å². The predicted molar refractivity (Wildman–Crippen MR) is 82.5 cm³/mol. The number of likely N-dealkylation sites (N-methyl/N-ethyl adjacent to an activating group) is 1. The van der Waals surface area contributed by atoms with E-state index in [0.29, 0.717) is 24.1 Å². The molecule has 22 heavy (non-hydrogen) atoms. The van der Waals surface area contributed by atoms with E-state index in [2.05, 4.69) is 0 Å². The first-order valence-electron chi connectivity index (χ1n) is 11.0. The van der Waals surface area contributed by atoms with Crippen molar-refractivity contribution in [3.8, 4) is 11.5 Å². The molecule has 2 unspecified atom stereocenters. The van der Waals surface area contributed by atoms with Crippen molar-refractivity contribution in [2.45, 2.75) is 36.5 Å². The SMILES string of the molecule is [2H]c1c([2H])c(OC([2H])([2H])[2H])c2c3c1C[C@@]1([2H])N(C)CC[C@@]34C(O2)C(O)C=C[C@]41[2H]. The lowest BCUT2D eigenvalue weighted by Crippen LogP contribution is -2.64. The van der Waals surface area contributed by atoms with Crippen LogP contribution in [0.1, 0.15) is 27.1 Å². The summed E-state index contributed by atoms with van der Waals surface area (Å²) in [6, 6.07) is -2.06. The van der Waals surface area contributed by atoms with Gasteiger partial charge in [0.1, 0.15) is 12.2 Å². The highest BCUT2D eigenvalue weighted by molar-refractivity contribution is 5.62. The summed E-state index contributed by atoms with van der Waals surface area (Å²) in [5, 5.41) is 10.7. The molecule has 2 bridgehead atoms. The molecule has 1 aromatic rings. The van der Waals surface area contributed by atoms with Crippen molar-refractivity contribution in [3.05, 3.63) is 35.4 Å². The van der Waals surface area contributed by atoms with Crippen LogP contribution in [-0.4, -0.2) is 48.9 Å². The first-order valence-corrected chi connectivity index (χ1v) is 7.48. The van der Waals surface area contributed by atoms with Crippen LogP contribution in [0.25, 0.3) is 0 Å². The van der Waals surface area contributed by atoms with Gasteiger partial charge in [0.2, 0.25) is 0 Å². The van der Waals surface area contributed by atoms with Crippen LogP contribution in [-0.2, 0) is 11.8 Å². The van der Waals surface area contributed by atoms with E-state index in [1.165, 1.54) is 6.08 Å². The molecular formula is C18H21NO3. The third kappa shape index (κ3) is 1.28. The van der Waals surface area contributed by atoms with Gasteiger partial charge in [0.15, 0.2) is 11.5 Å². The molecule has 1 aromatic carbocycles. The second kappa shape index (κ2) is 4.06. The summed E-state index contributed by atoms with van der Waals surface area (Å²) in [5.74, 6) is -1.82. The minimum absolute atomic E-state index is 0.0202. The molecule has 116 valence electrons. The number of ether oxygens (including phenoxy) is 2. The van der Waals surface area contributed by atoms with Gasteiger partial charge in [-0.25, -0.2) is 0 Å². The summed E-state index contributed by atoms with van der Waals surface area (Å²) in [6.07, 6.45) is 1.44. The Labute approximate surface area is 140 Å². The lowest BCUT2D eigenvalue weighted by atomic mass is 9.53. The number of rotatable bonds is 1. The van der Waals surface area contributed by atoms with E-state index >= 15 is 0 Å². The molecule has 1 spiro atoms. The Bertz CT molecular complexity index is 966. The number of aliphatic hydroxyl groups is 1. The topological polar surface area (TPSA) is 41.9 Å². The maximum absolute atomic E-state index is 10.7. The van der Waals surface area contributed by atoms with Crippen molar-refractivity contribution in [1.29, 1.82) is 0 Å². The van der Waals surface area contributed by atoms with Crippen LogP contribution in [0.3, 0.4) is 0 Å². The Morgan fingerprint density at radius 3 is 3.32 bits per heavy atom. The third-order valence-corrected chi connectivity index (χ3v) is 5.55. The van der Waals surface area contributed by atoms with Crippen LogP contribution < -0.4 is 9.47 Å². The van der Waals surface area contributed by atoms with Crippen molar-refractivity contribution in [2.24, 2.45) is 5.89 Å². The zero-order chi connectivity index (χ0) is 21.1. The largest absolute Gasteiger partial charge is 0.493 e. The van der Waals surface area contributed by atoms with E-state index in [1.807, 2.05) is 0 Å². The molecular weight excluding hydrogens is 278 g/mol. The van der Waals surface area contributed by atoms with E-state index < -0.39 is 42.6 Å². The molecule has 0 amide bonds. The van der Waals surface area contributed by atoms with Gasteiger partial charge in [0.05, 0.1) is 13.9 Å². The van der Waals surface area contributed by atoms with Crippen LogP contribution in [0.15, 0.2) is 24.2 Å². The Morgan fingerprint density at radius 2 is 2.45 bits per heavy atom. The first kappa shape index (κ1) is 7.84. The summed E-state index contributed by atoms with van der Waals surface area (Å²) >= 11 is 0. The predicted octanol–water partition coefficient (Wildman–Crippen LogP) is 1.50. The van der Waals surface area contributed by atoms with E-state index in [-0.39, 0.29) is 24.0 Å². The second-order valence-corrected chi connectivity index (χ2v) is 6.43. The van der Waals surface area contributed by atoms with Gasteiger partial charge in [0, 0.05) is 25.6 Å². The number of hydrogen-bond acceptors (Lipinski definition) is 4. The summed E-state index contributed by atoms with van der Waals surface area (Å²) in [7, 11) is -1.08. The molecule has 4 heteroatoms. The summed E-state index contributed by atoms with van der Waals surface area (Å²) < 4.78 is 69.0. The smallest absolute Gasteiger partial charge is 0.165 e. The summed E-state index contributed by atoms with van der Waals surface area (Å²) in [6.45, 7) is 0.481. The number of likely N-dealkylation sites (tertiary alicyclic amines) is 1. The van der Waals surface area contributed by atoms with Crippen molar-refractivity contribution in [3.63, 3.8) is 0 Å². The zero-order valence-corrected chi connectivity index (χ0v) is 12.1. The highest BCUT2D eigenvalue weighted by atomic mass is 16.5. The molecule has 0 aromatic heterocycles. The van der Waals surface area contributed by atoms with Gasteiger partial charge in [-0.1, -0.05) is 18.2 Å². The van der Waals surface area contributed by atoms with Crippen LogP contribution in [0.5, 0.6) is 11.5 Å². The number of piperidine rings is 1. The summed E-state index contributed by atoms with van der Waals surface area (Å²) in [4.78, 5) is 1.78. The van der Waals surface area contributed by atoms with Crippen molar-refractivity contribution < 1.29 is 24.2 Å². The molecule has 0 saturated carbocycles. The molecule has 2 aliphatic heterocycles. The number of aliphatic hydroxyl groups excluding tert-OH is 1. The molecule has 0 radical (unpaired) electrons. The van der Waals surface area contributed by atoms with Crippen LogP contribution >= 0.6 is 0 Å². The van der Waals surface area contributed by atoms with Gasteiger partial charge in [-0.2, -0.15) is 0 Å². The van der Waals surface area contributed by atoms with Gasteiger partial charge in [0.25, 0.3) is 0 Å². The van der Waals surface area contributed by atoms with Crippen LogP contribution in [0, 0.1) is 5.89 Å². The van der Waals surface area contributed by atoms with Gasteiger partial charge in [-0.3, -0.25) is 0 Å². The molecule has 5 atom stereocenters. The molecule has 4 aliphatic rings. The standard InChI is InChI=1S/C18H21NO3/c1-19-8-7-18-11-4-5-13(20)17(18)22-16-14(21-2)6-3-10(15(16)18)9-12(11)19/h3-6,11-13,17,20H,7-9H2,1-2H3/t11-,12+,13?,17?,18-/m0/s1/i2D3,3D,6D,11D,12D. The van der Waals surface area contributed by atoms with Gasteiger partial charge in [-0.15, -0.1) is 0 Å². The minimum atomic E-state index is -2.85. The van der Waals surface area contributed by atoms with E-state index in [1.54, 1.807) is 18.0 Å². The maximum atomic E-state index is 10.7. The van der Waals surface area contributed by atoms with E-state index in [9.17, 15) is 7.85 Å². The molecule has 1 saturated heterocycles. The van der Waals surface area contributed by atoms with Crippen LogP contribution in [0.4, 0.5) is 0 Å². The Morgan fingerprint density at radius 1 is 1.55 bits per heavy atom. The van der Waals surface area contributed by atoms with Gasteiger partial charge in [-0.05, 0) is 38.0 Å². The molecule has 5 rings (SSSR count). The lowest BCUT2D eigenvalue weighted by Gasteiger charge is -2.56. The van der Waals surface area contributed by atoms with E-state index in [0.717, 1.165) is 0 Å². The number of methoxy groups -OCH3 is 1. The highest BCUT2D eigenvalue weighted by Gasteiger charge is 2.64. The Balaban J connectivity index is 1.89. The highest BCUT2D eigenvalue weighted by Crippen LogP contribution is 2.62. The molecule has 1 N–H and O–H groups in total. The zero-order valence-electron chi connectivity index (χ0n) is 19.1. The Hall–Kier alpha value is -1.52. The number of nitrogens with zero attached hydrogens (tertiary/aromatic N) is 1. The average Bonchev–Trinajstić information content (AvgIpc) is 2.97. The fraction of sp³-hybridized carbons (Fsp3) is 0.556. The molecule has 2 aliphatic carbocycles. The third-order valence-electron chi connectivity index (χ3n) is 5.55. The average molecular weight is 306 g/mol. The Kier molecular flexibility index (Phi) is 1.45. The fourth-order valence-electron chi connectivity index (χ4n) is 4.59. The quantitative estimate of drug-likeness (QED) is 0.799. The minimum Gasteiger partial charge on any atom is -0.493 e. The summed E-state index contributed by atoms with van der Waals surface area (Å²) in [5.41, 5.74) is -0.274. The van der Waals surface area contributed by atoms with Crippen molar-refractivity contribution in [2.75, 3.05) is 20.6 Å². The lowest BCUT2D eigenvalue weighted by molar-refractivity contribution is -0.0453. The van der Waals surface area contributed by atoms with Gasteiger partial charge < -0.3 is 19.5 Å². The molecule has 4 nitrogen and oxygen atoms in total. The normalized spacial score (nSPS) is 52.9. The second-order valence-electron chi connectivity index (χ2n) is 6.43. The number of benzene rings is 1. The van der Waals surface area contributed by atoms with Gasteiger partial charge >= 0.3 is 0 Å². The monoisotopic (exact) mass is 306 g/mol. The molecule has 1 fully saturated rings. The van der Waals surface area contributed by atoms with Crippen LogP contribution in [0.2, 0.25) is 0 Å². The fourth-order valence-corrected chi connectivity index (χ4v) is 4.59. The maximum Gasteiger partial charge on any atom is 0.165 e. The van der Waals surface area contributed by atoms with E-state index in [4.69, 9.17) is 16.3 Å². The number of hydrogen-bond donors (Lipinski definition) is 1. The van der Waals surface area contributed by atoms with Crippen molar-refractivity contribution >= 4 is 0 Å². The first-order chi connectivity index (χ1) is 13.4. The molecule has 2 heterocycles.